The minimum atomic E-state index is 0.0348. The van der Waals surface area contributed by atoms with Crippen molar-refractivity contribution in [2.75, 3.05) is 0 Å². The molecule has 8 nitrogen and oxygen atoms in total. The van der Waals surface area contributed by atoms with Crippen LogP contribution in [0.4, 0.5) is 0 Å². The fourth-order valence-corrected chi connectivity index (χ4v) is 23.1. The Bertz CT molecular complexity index is 3880. The molecule has 8 bridgehead atoms. The second kappa shape index (κ2) is 25.9. The number of rotatable bonds is 8. The number of phenolic OH excluding ortho intramolecular Hbond substituents is 8. The average Bonchev–Trinajstić information content (AvgIpc) is 1.54. The first-order chi connectivity index (χ1) is 46.4. The molecule has 8 aromatic rings. The van der Waals surface area contributed by atoms with E-state index in [1.165, 1.54) is 160 Å². The van der Waals surface area contributed by atoms with Crippen LogP contribution >= 0.6 is 0 Å². The fourth-order valence-electron chi connectivity index (χ4n) is 23.1. The highest BCUT2D eigenvalue weighted by Crippen LogP contribution is 2.70. The summed E-state index contributed by atoms with van der Waals surface area (Å²) >= 11 is 0. The smallest absolute Gasteiger partial charge is 0.118 e. The number of hydrogen-bond acceptors (Lipinski definition) is 8. The Kier molecular flexibility index (Phi) is 17.6. The Morgan fingerprint density at radius 2 is 0.531 bits per heavy atom. The molecule has 0 aliphatic heterocycles. The van der Waals surface area contributed by atoms with Crippen LogP contribution in [-0.2, 0) is 21.7 Å². The van der Waals surface area contributed by atoms with Gasteiger partial charge in [0.1, 0.15) is 46.0 Å². The van der Waals surface area contributed by atoms with Crippen LogP contribution in [0.25, 0.3) is 0 Å². The van der Waals surface area contributed by atoms with Crippen LogP contribution in [0.1, 0.15) is 196 Å². The molecule has 0 heterocycles. The van der Waals surface area contributed by atoms with Gasteiger partial charge in [0.25, 0.3) is 0 Å². The third-order valence-electron chi connectivity index (χ3n) is 27.1. The quantitative estimate of drug-likeness (QED) is 0.0746. The number of hydrogen-bond donors (Lipinski definition) is 8. The molecule has 10 aliphatic rings. The highest BCUT2D eigenvalue weighted by molar-refractivity contribution is 5.54. The van der Waals surface area contributed by atoms with Crippen LogP contribution in [0.2, 0.25) is 0 Å². The SMILES string of the molecule is CC.Cc1cc(C2(c3ccc(O)c(C)c3)CC3CC2C2CCCC32)ccc1O.Cc1cc(C2(c3ccc(O)c(C)c3)CC3CCC2C3)ccc1O.Oc1ccc(C2(c3ccc(O)cc3)CC3CC2C2CCCC32)cc1.Oc1ccc(C2(c3ccc(O)cc3)CC3CCC2C3)cc1. The molecule has 10 aliphatic carbocycles. The fraction of sp³-hybridized carbons (Fsp3) is 0.455. The summed E-state index contributed by atoms with van der Waals surface area (Å²) in [6.45, 7) is 11.9. The van der Waals surface area contributed by atoms with Crippen LogP contribution in [-0.4, -0.2) is 40.9 Å². The highest BCUT2D eigenvalue weighted by Gasteiger charge is 2.64. The van der Waals surface area contributed by atoms with Crippen molar-refractivity contribution in [3.05, 3.63) is 237 Å². The number of fused-ring (bicyclic) bond motifs is 14. The van der Waals surface area contributed by atoms with E-state index in [0.717, 1.165) is 69.6 Å². The molecule has 12 unspecified atom stereocenters. The van der Waals surface area contributed by atoms with Crippen molar-refractivity contribution in [3.8, 4) is 46.0 Å². The Balaban J connectivity index is 0.000000109. The lowest BCUT2D eigenvalue weighted by atomic mass is 9.59. The Labute approximate surface area is 570 Å². The van der Waals surface area contributed by atoms with E-state index < -0.39 is 0 Å². The third kappa shape index (κ3) is 11.0. The van der Waals surface area contributed by atoms with Gasteiger partial charge >= 0.3 is 0 Å². The van der Waals surface area contributed by atoms with Crippen molar-refractivity contribution in [1.82, 2.24) is 0 Å². The standard InChI is InChI=1S/C24H28O2.C22H24O2.C21H24O2.C19H20O2.C2H6/c1-14-10-17(6-8-22(14)25)24(18-7-9-23(26)15(2)11-18)13-16-12-21(24)20-5-3-4-19(16)20;23-17-8-4-15(5-9-17)22(16-6-10-18(24)11-7-16)13-14-12-21(22)20-3-1-2-19(14)20;1-13-9-16(5-7-19(13)22)21(12-15-3-4-18(21)11-15)17-6-8-20(23)14(2)10-17;20-17-7-3-14(4-8-17)19(12-13-1-2-16(19)11-13)15-5-9-18(21)10-6-15;1-2/h6-11,16,19-21,25-26H,3-5,12-13H2,1-2H3;4-11,14,19-21,23-24H,1-3,12-13H2;5-10,15,18,22-23H,3-4,11-12H2,1-2H3;3-10,13,16,20-21H,1-2,11-12H2;1-2H3. The zero-order valence-corrected chi connectivity index (χ0v) is 57.4. The van der Waals surface area contributed by atoms with E-state index in [1.54, 1.807) is 24.3 Å². The van der Waals surface area contributed by atoms with Gasteiger partial charge in [-0.15, -0.1) is 0 Å². The first kappa shape index (κ1) is 65.4. The molecule has 8 heteroatoms. The summed E-state index contributed by atoms with van der Waals surface area (Å²) in [6, 6.07) is 55.9. The third-order valence-corrected chi connectivity index (χ3v) is 27.1. The summed E-state index contributed by atoms with van der Waals surface area (Å²) in [7, 11) is 0. The van der Waals surface area contributed by atoms with Crippen LogP contribution < -0.4 is 0 Å². The monoisotopic (exact) mass is 1290 g/mol. The Morgan fingerprint density at radius 3 is 0.812 bits per heavy atom. The van der Waals surface area contributed by atoms with Gasteiger partial charge in [-0.2, -0.15) is 0 Å². The zero-order chi connectivity index (χ0) is 67.0. The summed E-state index contributed by atoms with van der Waals surface area (Å²) in [4.78, 5) is 0. The van der Waals surface area contributed by atoms with Gasteiger partial charge in [0.2, 0.25) is 0 Å². The maximum Gasteiger partial charge on any atom is 0.118 e. The van der Waals surface area contributed by atoms with Crippen molar-refractivity contribution in [2.45, 2.75) is 179 Å². The molecule has 0 spiro atoms. The molecule has 8 aromatic carbocycles. The van der Waals surface area contributed by atoms with Crippen LogP contribution in [0.15, 0.2) is 170 Å². The van der Waals surface area contributed by atoms with Gasteiger partial charge in [-0.3, -0.25) is 0 Å². The molecule has 10 saturated carbocycles. The lowest BCUT2D eigenvalue weighted by molar-refractivity contribution is 0.181. The van der Waals surface area contributed by atoms with E-state index >= 15 is 0 Å². The molecule has 0 amide bonds. The summed E-state index contributed by atoms with van der Waals surface area (Å²) in [5.41, 5.74) is 14.6. The molecule has 502 valence electrons. The van der Waals surface area contributed by atoms with Gasteiger partial charge in [-0.05, 0) is 328 Å². The zero-order valence-electron chi connectivity index (χ0n) is 57.4. The molecule has 12 atom stereocenters. The molecule has 18 rings (SSSR count). The van der Waals surface area contributed by atoms with Crippen molar-refractivity contribution >= 4 is 0 Å². The van der Waals surface area contributed by atoms with Crippen molar-refractivity contribution < 1.29 is 40.9 Å². The van der Waals surface area contributed by atoms with E-state index in [4.69, 9.17) is 0 Å². The van der Waals surface area contributed by atoms with E-state index in [2.05, 4.69) is 97.1 Å². The maximum atomic E-state index is 10.1. The van der Waals surface area contributed by atoms with E-state index in [9.17, 15) is 40.9 Å². The van der Waals surface area contributed by atoms with E-state index in [-0.39, 0.29) is 21.7 Å². The minimum Gasteiger partial charge on any atom is -0.508 e. The van der Waals surface area contributed by atoms with Crippen LogP contribution in [0.5, 0.6) is 46.0 Å². The molecule has 0 saturated heterocycles. The lowest BCUT2D eigenvalue weighted by Crippen LogP contribution is -2.40. The van der Waals surface area contributed by atoms with Gasteiger partial charge in [-0.25, -0.2) is 0 Å². The molecule has 96 heavy (non-hydrogen) atoms. The summed E-state index contributed by atoms with van der Waals surface area (Å²) < 4.78 is 0. The number of aromatic hydroxyl groups is 8. The molecule has 8 N–H and O–H groups in total. The van der Waals surface area contributed by atoms with Crippen molar-refractivity contribution in [3.63, 3.8) is 0 Å². The number of phenols is 8. The summed E-state index contributed by atoms with van der Waals surface area (Å²) in [5.74, 6) is 12.4. The Morgan fingerprint density at radius 1 is 0.271 bits per heavy atom. The normalized spacial score (nSPS) is 28.4. The van der Waals surface area contributed by atoms with Gasteiger partial charge in [0.05, 0.1) is 0 Å². The van der Waals surface area contributed by atoms with Crippen LogP contribution in [0.3, 0.4) is 0 Å². The van der Waals surface area contributed by atoms with E-state index in [0.29, 0.717) is 69.7 Å². The van der Waals surface area contributed by atoms with Gasteiger partial charge < -0.3 is 40.9 Å². The predicted molar refractivity (Wildman–Crippen MR) is 383 cm³/mol. The second-order valence-corrected chi connectivity index (χ2v) is 31.4. The number of benzene rings is 8. The Hall–Kier alpha value is -7.84. The first-order valence-corrected chi connectivity index (χ1v) is 36.8. The largest absolute Gasteiger partial charge is 0.508 e. The maximum absolute atomic E-state index is 10.1. The number of aryl methyl sites for hydroxylation is 4. The minimum absolute atomic E-state index is 0.0348. The predicted octanol–water partition coefficient (Wildman–Crippen LogP) is 20.3. The van der Waals surface area contributed by atoms with Gasteiger partial charge in [-0.1, -0.05) is 137 Å². The van der Waals surface area contributed by atoms with Gasteiger partial charge in [0, 0.05) is 21.7 Å². The molecular formula is C88H102O8. The molecule has 10 fully saturated rings. The average molecular weight is 1290 g/mol. The lowest BCUT2D eigenvalue weighted by Gasteiger charge is -2.44. The van der Waals surface area contributed by atoms with E-state index in [1.807, 2.05) is 90.1 Å². The van der Waals surface area contributed by atoms with Crippen molar-refractivity contribution in [2.24, 2.45) is 71.0 Å². The second-order valence-electron chi connectivity index (χ2n) is 31.4. The molecule has 0 radical (unpaired) electrons. The van der Waals surface area contributed by atoms with Crippen molar-refractivity contribution in [1.29, 1.82) is 0 Å². The topological polar surface area (TPSA) is 162 Å². The summed E-state index contributed by atoms with van der Waals surface area (Å²) in [6.07, 6.45) is 23.8. The summed E-state index contributed by atoms with van der Waals surface area (Å²) in [5, 5.41) is 78.6. The molecular weight excluding hydrogens is 1180 g/mol. The first-order valence-electron chi connectivity index (χ1n) is 36.8. The molecule has 0 aromatic heterocycles. The highest BCUT2D eigenvalue weighted by atomic mass is 16.3. The van der Waals surface area contributed by atoms with Gasteiger partial charge in [0.15, 0.2) is 0 Å². The van der Waals surface area contributed by atoms with Crippen LogP contribution in [0, 0.1) is 98.7 Å².